The third kappa shape index (κ3) is 9.79. The molecule has 2 aromatic carbocycles. The first kappa shape index (κ1) is 26.2. The minimum atomic E-state index is 0. The topological polar surface area (TPSA) is 6.48 Å². The molecule has 27 heavy (non-hydrogen) atoms. The van der Waals surface area contributed by atoms with Gasteiger partial charge in [0.25, 0.3) is 0 Å². The summed E-state index contributed by atoms with van der Waals surface area (Å²) in [7, 11) is 0. The molecule has 149 valence electrons. The van der Waals surface area contributed by atoms with Crippen molar-refractivity contribution in [3.63, 3.8) is 0 Å². The summed E-state index contributed by atoms with van der Waals surface area (Å²) < 4.78 is 1.04. The van der Waals surface area contributed by atoms with Crippen molar-refractivity contribution in [1.29, 1.82) is 0 Å². The molecule has 0 aliphatic heterocycles. The van der Waals surface area contributed by atoms with Gasteiger partial charge in [-0.1, -0.05) is 58.9 Å². The number of para-hydroxylation sites is 2. The Labute approximate surface area is 196 Å². The zero-order valence-corrected chi connectivity index (χ0v) is 19.6. The van der Waals surface area contributed by atoms with Crippen molar-refractivity contribution in [2.24, 2.45) is 0 Å². The molecule has 2 rings (SSSR count). The normalized spacial score (nSPS) is 9.26. The molecule has 7 heteroatoms. The molecule has 0 spiro atoms. The molecule has 1 radical (unpaired) electrons. The van der Waals surface area contributed by atoms with E-state index in [1.807, 2.05) is 70.5 Å². The van der Waals surface area contributed by atoms with Crippen LogP contribution >= 0.6 is 24.4 Å². The summed E-state index contributed by atoms with van der Waals surface area (Å²) in [5.41, 5.74) is 2.17. The average Bonchev–Trinajstić information content (AvgIpc) is 2.65. The van der Waals surface area contributed by atoms with Crippen LogP contribution in [0.4, 0.5) is 11.4 Å². The second kappa shape index (κ2) is 15.1. The zero-order chi connectivity index (χ0) is 19.4. The Morgan fingerprint density at radius 2 is 1.00 bits per heavy atom. The molecule has 0 saturated carbocycles. The van der Waals surface area contributed by atoms with Crippen LogP contribution in [0.2, 0.25) is 0 Å². The largest absolute Gasteiger partial charge is 2.00 e. The molecule has 0 heterocycles. The van der Waals surface area contributed by atoms with Gasteiger partial charge >= 0.3 is 17.1 Å². The minimum absolute atomic E-state index is 0. The van der Waals surface area contributed by atoms with Crippen molar-refractivity contribution in [2.45, 2.75) is 26.7 Å². The van der Waals surface area contributed by atoms with Crippen LogP contribution < -0.4 is 9.80 Å². The second-order valence-corrected chi connectivity index (χ2v) is 7.57. The average molecular weight is 484 g/mol. The predicted octanol–water partition coefficient (Wildman–Crippen LogP) is 5.47. The molecule has 0 atom stereocenters. The van der Waals surface area contributed by atoms with Crippen LogP contribution in [-0.4, -0.2) is 21.7 Å². The van der Waals surface area contributed by atoms with Gasteiger partial charge in [0.1, 0.15) is 0 Å². The maximum absolute atomic E-state index is 5.01. The van der Waals surface area contributed by atoms with Gasteiger partial charge in [-0.3, -0.25) is 0 Å². The molecule has 0 N–H and O–H groups in total. The smallest absolute Gasteiger partial charge is 0.411 e. The Hall–Kier alpha value is -0.821. The van der Waals surface area contributed by atoms with Gasteiger partial charge in [-0.25, -0.2) is 0 Å². The van der Waals surface area contributed by atoms with E-state index in [-0.39, 0.29) is 17.1 Å². The third-order valence-electron chi connectivity index (χ3n) is 3.47. The van der Waals surface area contributed by atoms with E-state index >= 15 is 0 Å². The zero-order valence-electron chi connectivity index (χ0n) is 15.4. The van der Waals surface area contributed by atoms with Crippen molar-refractivity contribution in [1.82, 2.24) is 0 Å². The molecule has 2 nitrogen and oxygen atoms in total. The van der Waals surface area contributed by atoms with Crippen LogP contribution in [0.1, 0.15) is 26.7 Å². The maximum Gasteiger partial charge on any atom is 2.00 e. The number of nitrogens with zero attached hydrogens (tertiary/aromatic N) is 2. The van der Waals surface area contributed by atoms with Crippen LogP contribution in [0.15, 0.2) is 60.7 Å². The van der Waals surface area contributed by atoms with Gasteiger partial charge < -0.3 is 59.5 Å². The summed E-state index contributed by atoms with van der Waals surface area (Å²) in [5.74, 6) is 0. The summed E-state index contributed by atoms with van der Waals surface area (Å²) in [5, 5.41) is 0. The Balaban J connectivity index is 0.000000483. The van der Waals surface area contributed by atoms with Crippen LogP contribution in [0.25, 0.3) is 0 Å². The summed E-state index contributed by atoms with van der Waals surface area (Å²) in [4.78, 5) is 3.95. The SMILES string of the molecule is CCCN(C(=S)[S-])c1ccccc1.CCCN(C(=S)[S-])c1ccccc1.[Cu+2]. The first-order valence-corrected chi connectivity index (χ1v) is 10.2. The molecule has 0 aliphatic rings. The van der Waals surface area contributed by atoms with Crippen molar-refractivity contribution in [3.05, 3.63) is 60.7 Å². The van der Waals surface area contributed by atoms with E-state index < -0.39 is 0 Å². The van der Waals surface area contributed by atoms with Gasteiger partial charge in [-0.05, 0) is 37.1 Å². The summed E-state index contributed by atoms with van der Waals surface area (Å²) >= 11 is 20.0. The number of anilines is 2. The molecule has 0 bridgehead atoms. The second-order valence-electron chi connectivity index (χ2n) is 5.51. The summed E-state index contributed by atoms with van der Waals surface area (Å²) in [6.45, 7) is 6.02. The van der Waals surface area contributed by atoms with Crippen molar-refractivity contribution < 1.29 is 17.1 Å². The van der Waals surface area contributed by atoms with Gasteiger partial charge in [-0.15, -0.1) is 0 Å². The van der Waals surface area contributed by atoms with Gasteiger partial charge in [-0.2, -0.15) is 0 Å². The van der Waals surface area contributed by atoms with Crippen LogP contribution in [0.5, 0.6) is 0 Å². The standard InChI is InChI=1S/2C10H13NS2.Cu/c2*1-2-8-11(10(12)13)9-6-4-3-5-7-9;/h2*3-7H,2,8H2,1H3,(H,12,13);/q;;+2/p-2. The van der Waals surface area contributed by atoms with E-state index in [4.69, 9.17) is 49.7 Å². The molecule has 0 fully saturated rings. The third-order valence-corrected chi connectivity index (χ3v) is 4.35. The Bertz CT molecular complexity index is 609. The minimum Gasteiger partial charge on any atom is -0.411 e. The van der Waals surface area contributed by atoms with Crippen LogP contribution in [0, 0.1) is 0 Å². The Morgan fingerprint density at radius 3 is 1.22 bits per heavy atom. The fraction of sp³-hybridized carbons (Fsp3) is 0.300. The quantitative estimate of drug-likeness (QED) is 0.303. The van der Waals surface area contributed by atoms with Crippen LogP contribution in [-0.2, 0) is 42.3 Å². The molecule has 0 aliphatic carbocycles. The van der Waals surface area contributed by atoms with Gasteiger partial charge in [0.05, 0.1) is 0 Å². The molecule has 2 aromatic rings. The molecular formula is C20H24CuN2S4. The first-order chi connectivity index (χ1) is 12.5. The van der Waals surface area contributed by atoms with Gasteiger partial charge in [0.15, 0.2) is 0 Å². The molecule has 0 aromatic heterocycles. The van der Waals surface area contributed by atoms with Crippen LogP contribution in [0.3, 0.4) is 0 Å². The number of rotatable bonds is 6. The van der Waals surface area contributed by atoms with E-state index in [1.54, 1.807) is 0 Å². The van der Waals surface area contributed by atoms with Crippen molar-refractivity contribution in [3.8, 4) is 0 Å². The fourth-order valence-corrected chi connectivity index (χ4v) is 3.10. The van der Waals surface area contributed by atoms with E-state index in [2.05, 4.69) is 13.8 Å². The van der Waals surface area contributed by atoms with E-state index in [9.17, 15) is 0 Å². The number of benzene rings is 2. The fourth-order valence-electron chi connectivity index (χ4n) is 2.31. The molecular weight excluding hydrogens is 460 g/mol. The number of hydrogen-bond donors (Lipinski definition) is 0. The van der Waals surface area contributed by atoms with E-state index in [0.717, 1.165) is 37.3 Å². The number of thiocarbonyl (C=S) groups is 2. The summed E-state index contributed by atoms with van der Waals surface area (Å²) in [6, 6.07) is 20.0. The maximum atomic E-state index is 5.01. The van der Waals surface area contributed by atoms with E-state index in [1.165, 1.54) is 0 Å². The van der Waals surface area contributed by atoms with Crippen molar-refractivity contribution in [2.75, 3.05) is 22.9 Å². The van der Waals surface area contributed by atoms with Crippen molar-refractivity contribution >= 4 is 69.7 Å². The summed E-state index contributed by atoms with van der Waals surface area (Å²) in [6.07, 6.45) is 2.09. The molecule has 0 unspecified atom stereocenters. The molecule has 0 amide bonds. The first-order valence-electron chi connectivity index (χ1n) is 8.58. The Kier molecular flexibility index (Phi) is 14.7. The molecule has 0 saturated heterocycles. The predicted molar refractivity (Wildman–Crippen MR) is 128 cm³/mol. The van der Waals surface area contributed by atoms with E-state index in [0.29, 0.717) is 8.64 Å². The Morgan fingerprint density at radius 1 is 0.704 bits per heavy atom. The van der Waals surface area contributed by atoms with Gasteiger partial charge in [0.2, 0.25) is 0 Å². The monoisotopic (exact) mass is 483 g/mol. The van der Waals surface area contributed by atoms with Gasteiger partial charge in [0, 0.05) is 24.5 Å². The number of hydrogen-bond acceptors (Lipinski definition) is 4.